The van der Waals surface area contributed by atoms with E-state index in [9.17, 15) is 4.57 Å². The lowest BCUT2D eigenvalue weighted by atomic mass is 10.5. The van der Waals surface area contributed by atoms with Gasteiger partial charge in [0, 0.05) is 24.4 Å². The van der Waals surface area contributed by atoms with Gasteiger partial charge in [-0.2, -0.15) is 0 Å². The third-order valence-electron chi connectivity index (χ3n) is 1.51. The lowest BCUT2D eigenvalue weighted by Gasteiger charge is -2.11. The Morgan fingerprint density at radius 3 is 2.58 bits per heavy atom. The van der Waals surface area contributed by atoms with Crippen molar-refractivity contribution in [2.75, 3.05) is 13.3 Å². The molecule has 0 saturated carbocycles. The van der Waals surface area contributed by atoms with E-state index in [0.717, 1.165) is 5.30 Å². The molecule has 0 spiro atoms. The van der Waals surface area contributed by atoms with Crippen LogP contribution in [0.25, 0.3) is 0 Å². The summed E-state index contributed by atoms with van der Waals surface area (Å²) >= 11 is 0. The second-order valence-electron chi connectivity index (χ2n) is 2.47. The highest BCUT2D eigenvalue weighted by Gasteiger charge is 2.17. The van der Waals surface area contributed by atoms with Crippen molar-refractivity contribution in [2.24, 2.45) is 0 Å². The molecule has 1 aromatic heterocycles. The Labute approximate surface area is 72.2 Å². The van der Waals surface area contributed by atoms with E-state index in [0.29, 0.717) is 6.61 Å². The fraction of sp³-hybridized carbons (Fsp3) is 0.375. The van der Waals surface area contributed by atoms with E-state index in [1.807, 2.05) is 6.92 Å². The van der Waals surface area contributed by atoms with Crippen LogP contribution in [0.3, 0.4) is 0 Å². The van der Waals surface area contributed by atoms with Crippen LogP contribution < -0.4 is 5.30 Å². The number of pyridine rings is 1. The predicted molar refractivity (Wildman–Crippen MR) is 49.0 cm³/mol. The lowest BCUT2D eigenvalue weighted by Crippen LogP contribution is -2.05. The summed E-state index contributed by atoms with van der Waals surface area (Å²) in [5.41, 5.74) is 0. The Bertz CT molecular complexity index is 286. The maximum atomic E-state index is 11.8. The second-order valence-corrected chi connectivity index (χ2v) is 4.94. The van der Waals surface area contributed by atoms with Crippen LogP contribution in [0.5, 0.6) is 0 Å². The van der Waals surface area contributed by atoms with E-state index in [4.69, 9.17) is 4.52 Å². The van der Waals surface area contributed by atoms with Crippen LogP contribution in [-0.4, -0.2) is 18.3 Å². The highest BCUT2D eigenvalue weighted by molar-refractivity contribution is 7.66. The van der Waals surface area contributed by atoms with Crippen LogP contribution >= 0.6 is 7.37 Å². The highest BCUT2D eigenvalue weighted by Crippen LogP contribution is 2.40. The minimum atomic E-state index is -2.58. The Kier molecular flexibility index (Phi) is 3.01. The van der Waals surface area contributed by atoms with Gasteiger partial charge >= 0.3 is 0 Å². The number of hydrogen-bond acceptors (Lipinski definition) is 3. The minimum absolute atomic E-state index is 0.468. The van der Waals surface area contributed by atoms with E-state index < -0.39 is 7.37 Å². The third kappa shape index (κ3) is 2.16. The Hall–Kier alpha value is -0.660. The minimum Gasteiger partial charge on any atom is -0.326 e. The average molecular weight is 185 g/mol. The predicted octanol–water partition coefficient (Wildman–Crippen LogP) is 1.65. The molecule has 0 N–H and O–H groups in total. The van der Waals surface area contributed by atoms with Gasteiger partial charge in [-0.1, -0.05) is 0 Å². The van der Waals surface area contributed by atoms with Gasteiger partial charge in [0.25, 0.3) is 0 Å². The van der Waals surface area contributed by atoms with Gasteiger partial charge in [0.15, 0.2) is 0 Å². The molecular weight excluding hydrogens is 173 g/mol. The van der Waals surface area contributed by atoms with Crippen molar-refractivity contribution in [3.05, 3.63) is 24.5 Å². The van der Waals surface area contributed by atoms with E-state index in [2.05, 4.69) is 4.98 Å². The zero-order valence-corrected chi connectivity index (χ0v) is 8.12. The van der Waals surface area contributed by atoms with Crippen molar-refractivity contribution in [1.82, 2.24) is 4.98 Å². The topological polar surface area (TPSA) is 39.2 Å². The molecule has 0 radical (unpaired) electrons. The average Bonchev–Trinajstić information content (AvgIpc) is 2.06. The van der Waals surface area contributed by atoms with Crippen LogP contribution in [0, 0.1) is 0 Å². The standard InChI is InChI=1S/C8H12NO2P/c1-3-11-12(2,10)8-4-6-9-7-5-8/h4-7H,3H2,1-2H3. The summed E-state index contributed by atoms with van der Waals surface area (Å²) in [6.07, 6.45) is 3.23. The van der Waals surface area contributed by atoms with Gasteiger partial charge in [-0.15, -0.1) is 0 Å². The Morgan fingerprint density at radius 2 is 2.08 bits per heavy atom. The molecule has 3 nitrogen and oxygen atoms in total. The lowest BCUT2D eigenvalue weighted by molar-refractivity contribution is 0.345. The molecule has 0 fully saturated rings. The maximum absolute atomic E-state index is 11.8. The summed E-state index contributed by atoms with van der Waals surface area (Å²) in [7, 11) is -2.58. The van der Waals surface area contributed by atoms with Gasteiger partial charge < -0.3 is 4.52 Å². The Balaban J connectivity index is 2.90. The van der Waals surface area contributed by atoms with E-state index in [1.54, 1.807) is 31.2 Å². The quantitative estimate of drug-likeness (QED) is 0.672. The van der Waals surface area contributed by atoms with Gasteiger partial charge in [0.2, 0.25) is 7.37 Å². The van der Waals surface area contributed by atoms with Crippen molar-refractivity contribution in [1.29, 1.82) is 0 Å². The summed E-state index contributed by atoms with van der Waals surface area (Å²) in [5, 5.41) is 0.722. The summed E-state index contributed by atoms with van der Waals surface area (Å²) in [5.74, 6) is 0. The molecule has 66 valence electrons. The first-order valence-electron chi connectivity index (χ1n) is 3.79. The first kappa shape index (κ1) is 9.43. The number of hydrogen-bond donors (Lipinski definition) is 0. The van der Waals surface area contributed by atoms with Gasteiger partial charge in [-0.25, -0.2) is 0 Å². The summed E-state index contributed by atoms with van der Waals surface area (Å²) in [6, 6.07) is 3.44. The second kappa shape index (κ2) is 3.83. The summed E-state index contributed by atoms with van der Waals surface area (Å²) in [4.78, 5) is 3.84. The molecule has 1 heterocycles. The fourth-order valence-electron chi connectivity index (χ4n) is 0.936. The summed E-state index contributed by atoms with van der Waals surface area (Å²) < 4.78 is 16.9. The first-order chi connectivity index (χ1) is 5.67. The van der Waals surface area contributed by atoms with Crippen LogP contribution in [0.4, 0.5) is 0 Å². The van der Waals surface area contributed by atoms with E-state index in [1.165, 1.54) is 0 Å². The monoisotopic (exact) mass is 185 g/mol. The normalized spacial score (nSPS) is 15.5. The van der Waals surface area contributed by atoms with Crippen molar-refractivity contribution in [3.63, 3.8) is 0 Å². The van der Waals surface area contributed by atoms with Crippen LogP contribution in [0.15, 0.2) is 24.5 Å². The highest BCUT2D eigenvalue weighted by atomic mass is 31.2. The van der Waals surface area contributed by atoms with Gasteiger partial charge in [-0.3, -0.25) is 9.55 Å². The molecule has 1 unspecified atom stereocenters. The molecule has 0 aliphatic heterocycles. The van der Waals surface area contributed by atoms with Crippen LogP contribution in [0.2, 0.25) is 0 Å². The van der Waals surface area contributed by atoms with Crippen molar-refractivity contribution in [3.8, 4) is 0 Å². The molecule has 1 aromatic rings. The molecule has 0 bridgehead atoms. The molecular formula is C8H12NO2P. The summed E-state index contributed by atoms with van der Waals surface area (Å²) in [6.45, 7) is 3.92. The van der Waals surface area contributed by atoms with E-state index in [-0.39, 0.29) is 0 Å². The number of nitrogens with zero attached hydrogens (tertiary/aromatic N) is 1. The SMILES string of the molecule is CCOP(C)(=O)c1ccncc1. The van der Waals surface area contributed by atoms with Crippen LogP contribution in [-0.2, 0) is 9.09 Å². The maximum Gasteiger partial charge on any atom is 0.229 e. The molecule has 0 aromatic carbocycles. The molecule has 0 saturated heterocycles. The van der Waals surface area contributed by atoms with Crippen LogP contribution in [0.1, 0.15) is 6.92 Å². The molecule has 1 atom stereocenters. The Morgan fingerprint density at radius 1 is 1.50 bits per heavy atom. The molecule has 1 rings (SSSR count). The largest absolute Gasteiger partial charge is 0.326 e. The smallest absolute Gasteiger partial charge is 0.229 e. The van der Waals surface area contributed by atoms with Crippen molar-refractivity contribution in [2.45, 2.75) is 6.92 Å². The van der Waals surface area contributed by atoms with Gasteiger partial charge in [-0.05, 0) is 19.1 Å². The van der Waals surface area contributed by atoms with Gasteiger partial charge in [0.1, 0.15) is 0 Å². The van der Waals surface area contributed by atoms with Crippen molar-refractivity contribution < 1.29 is 9.09 Å². The zero-order valence-electron chi connectivity index (χ0n) is 7.23. The number of aromatic nitrogens is 1. The molecule has 0 aliphatic carbocycles. The fourth-order valence-corrected chi connectivity index (χ4v) is 2.25. The third-order valence-corrected chi connectivity index (χ3v) is 3.49. The van der Waals surface area contributed by atoms with E-state index >= 15 is 0 Å². The molecule has 4 heteroatoms. The number of rotatable bonds is 3. The van der Waals surface area contributed by atoms with Crippen molar-refractivity contribution >= 4 is 12.7 Å². The van der Waals surface area contributed by atoms with Gasteiger partial charge in [0.05, 0.1) is 6.61 Å². The molecule has 12 heavy (non-hydrogen) atoms. The molecule has 0 amide bonds. The zero-order chi connectivity index (χ0) is 9.03. The molecule has 0 aliphatic rings. The first-order valence-corrected chi connectivity index (χ1v) is 5.86.